The summed E-state index contributed by atoms with van der Waals surface area (Å²) in [6.07, 6.45) is 1.99. The molecule has 0 bridgehead atoms. The molecule has 114 valence electrons. The minimum atomic E-state index is -0.211. The molecule has 0 spiro atoms. The largest absolute Gasteiger partial charge is 0.347 e. The molecule has 0 saturated carbocycles. The van der Waals surface area contributed by atoms with Crippen molar-refractivity contribution < 1.29 is 9.59 Å². The average molecular weight is 309 g/mol. The van der Waals surface area contributed by atoms with Crippen LogP contribution in [0.3, 0.4) is 0 Å². The highest BCUT2D eigenvalue weighted by atomic mass is 35.5. The maximum Gasteiger partial charge on any atom is 0.242 e. The zero-order valence-electron chi connectivity index (χ0n) is 12.6. The smallest absolute Gasteiger partial charge is 0.242 e. The highest BCUT2D eigenvalue weighted by Gasteiger charge is 2.13. The Morgan fingerprint density at radius 2 is 1.81 bits per heavy atom. The van der Waals surface area contributed by atoms with Gasteiger partial charge >= 0.3 is 0 Å². The maximum absolute atomic E-state index is 12.2. The third-order valence-corrected chi connectivity index (χ3v) is 3.10. The number of rotatable bonds is 6. The van der Waals surface area contributed by atoms with Crippen LogP contribution in [-0.2, 0) is 16.1 Å². The van der Waals surface area contributed by atoms with Crippen molar-refractivity contribution in [3.8, 4) is 0 Å². The van der Waals surface area contributed by atoms with Gasteiger partial charge in [0.1, 0.15) is 0 Å². The standard InChI is InChI=1S/C16H21ClN2O2/c1-12(2)8-9-19(16(21)10-18-13(3)20)11-14-4-6-15(17)7-5-14/h4-8H,9-11H2,1-3H3,(H,18,20). The lowest BCUT2D eigenvalue weighted by Gasteiger charge is -2.22. The van der Waals surface area contributed by atoms with Crippen LogP contribution in [0.2, 0.25) is 5.02 Å². The number of benzene rings is 1. The summed E-state index contributed by atoms with van der Waals surface area (Å²) < 4.78 is 0. The highest BCUT2D eigenvalue weighted by Crippen LogP contribution is 2.12. The quantitative estimate of drug-likeness (QED) is 0.822. The van der Waals surface area contributed by atoms with Crippen LogP contribution in [0, 0.1) is 0 Å². The third-order valence-electron chi connectivity index (χ3n) is 2.85. The Balaban J connectivity index is 2.75. The van der Waals surface area contributed by atoms with E-state index in [1.165, 1.54) is 6.92 Å². The van der Waals surface area contributed by atoms with Gasteiger partial charge in [0.2, 0.25) is 11.8 Å². The third kappa shape index (κ3) is 6.95. The number of allylic oxidation sites excluding steroid dienone is 1. The summed E-state index contributed by atoms with van der Waals surface area (Å²) in [5, 5.41) is 3.20. The Morgan fingerprint density at radius 1 is 1.19 bits per heavy atom. The number of halogens is 1. The van der Waals surface area contributed by atoms with E-state index in [1.807, 2.05) is 32.1 Å². The van der Waals surface area contributed by atoms with Crippen LogP contribution in [-0.4, -0.2) is 29.8 Å². The summed E-state index contributed by atoms with van der Waals surface area (Å²) in [6, 6.07) is 7.38. The average Bonchev–Trinajstić information content (AvgIpc) is 2.42. The van der Waals surface area contributed by atoms with E-state index < -0.39 is 0 Å². The fourth-order valence-corrected chi connectivity index (χ4v) is 1.80. The topological polar surface area (TPSA) is 49.4 Å². The van der Waals surface area contributed by atoms with Crippen LogP contribution >= 0.6 is 11.6 Å². The summed E-state index contributed by atoms with van der Waals surface area (Å²) in [7, 11) is 0. The molecule has 1 N–H and O–H groups in total. The van der Waals surface area contributed by atoms with Crippen molar-refractivity contribution in [3.05, 3.63) is 46.5 Å². The van der Waals surface area contributed by atoms with Gasteiger partial charge < -0.3 is 10.2 Å². The molecule has 0 aliphatic heterocycles. The molecule has 0 radical (unpaired) electrons. The van der Waals surface area contributed by atoms with Gasteiger partial charge in [0.25, 0.3) is 0 Å². The number of nitrogens with one attached hydrogen (secondary N) is 1. The molecule has 1 aromatic rings. The van der Waals surface area contributed by atoms with Crippen molar-refractivity contribution in [3.63, 3.8) is 0 Å². The van der Waals surface area contributed by atoms with Gasteiger partial charge in [-0.2, -0.15) is 0 Å². The van der Waals surface area contributed by atoms with Crippen LogP contribution in [0.15, 0.2) is 35.9 Å². The maximum atomic E-state index is 12.2. The van der Waals surface area contributed by atoms with E-state index in [1.54, 1.807) is 17.0 Å². The predicted octanol–water partition coefficient (Wildman–Crippen LogP) is 2.77. The highest BCUT2D eigenvalue weighted by molar-refractivity contribution is 6.30. The van der Waals surface area contributed by atoms with Crippen molar-refractivity contribution in [2.45, 2.75) is 27.3 Å². The van der Waals surface area contributed by atoms with Crippen LogP contribution in [0.4, 0.5) is 0 Å². The van der Waals surface area contributed by atoms with Gasteiger partial charge in [0, 0.05) is 25.0 Å². The molecule has 1 rings (SSSR count). The summed E-state index contributed by atoms with van der Waals surface area (Å²) in [6.45, 7) is 6.38. The second kappa shape index (κ2) is 8.47. The molecule has 21 heavy (non-hydrogen) atoms. The Labute approximate surface area is 130 Å². The molecule has 0 heterocycles. The number of amides is 2. The van der Waals surface area contributed by atoms with Crippen LogP contribution in [0.1, 0.15) is 26.3 Å². The molecule has 0 aliphatic carbocycles. The monoisotopic (exact) mass is 308 g/mol. The zero-order valence-corrected chi connectivity index (χ0v) is 13.4. The fourth-order valence-electron chi connectivity index (χ4n) is 1.67. The molecule has 2 amide bonds. The molecule has 1 aromatic carbocycles. The molecule has 0 unspecified atom stereocenters. The van der Waals surface area contributed by atoms with E-state index in [0.29, 0.717) is 18.1 Å². The molecule has 0 aliphatic rings. The normalized spacial score (nSPS) is 9.90. The number of hydrogen-bond acceptors (Lipinski definition) is 2. The number of hydrogen-bond donors (Lipinski definition) is 1. The first-order valence-corrected chi connectivity index (χ1v) is 7.16. The minimum absolute atomic E-state index is 0.0134. The van der Waals surface area contributed by atoms with Gasteiger partial charge in [0.05, 0.1) is 6.54 Å². The number of carbonyl (C=O) groups excluding carboxylic acids is 2. The minimum Gasteiger partial charge on any atom is -0.347 e. The molecule has 4 nitrogen and oxygen atoms in total. The lowest BCUT2D eigenvalue weighted by Crippen LogP contribution is -2.39. The lowest BCUT2D eigenvalue weighted by atomic mass is 10.2. The summed E-state index contributed by atoms with van der Waals surface area (Å²) in [4.78, 5) is 24.8. The van der Waals surface area contributed by atoms with E-state index in [0.717, 1.165) is 11.1 Å². The summed E-state index contributed by atoms with van der Waals surface area (Å²) in [5.41, 5.74) is 2.14. The zero-order chi connectivity index (χ0) is 15.8. The van der Waals surface area contributed by atoms with Gasteiger partial charge in [-0.25, -0.2) is 0 Å². The summed E-state index contributed by atoms with van der Waals surface area (Å²) >= 11 is 5.86. The SMILES string of the molecule is CC(=O)NCC(=O)N(CC=C(C)C)Cc1ccc(Cl)cc1. The molecule has 5 heteroatoms. The van der Waals surface area contributed by atoms with Gasteiger partial charge in [-0.05, 0) is 31.5 Å². The van der Waals surface area contributed by atoms with Crippen molar-refractivity contribution >= 4 is 23.4 Å². The molecule has 0 fully saturated rings. The van der Waals surface area contributed by atoms with Crippen LogP contribution in [0.25, 0.3) is 0 Å². The van der Waals surface area contributed by atoms with Crippen molar-refractivity contribution in [2.75, 3.05) is 13.1 Å². The number of carbonyl (C=O) groups is 2. The Morgan fingerprint density at radius 3 is 2.33 bits per heavy atom. The van der Waals surface area contributed by atoms with Crippen LogP contribution in [0.5, 0.6) is 0 Å². The van der Waals surface area contributed by atoms with Gasteiger partial charge in [-0.3, -0.25) is 9.59 Å². The fraction of sp³-hybridized carbons (Fsp3) is 0.375. The molecule has 0 saturated heterocycles. The van der Waals surface area contributed by atoms with Crippen molar-refractivity contribution in [1.29, 1.82) is 0 Å². The van der Waals surface area contributed by atoms with Gasteiger partial charge in [-0.1, -0.05) is 35.4 Å². The van der Waals surface area contributed by atoms with Gasteiger partial charge in [-0.15, -0.1) is 0 Å². The van der Waals surface area contributed by atoms with E-state index in [4.69, 9.17) is 11.6 Å². The molecule has 0 aromatic heterocycles. The molecular formula is C16H21ClN2O2. The van der Waals surface area contributed by atoms with E-state index in [2.05, 4.69) is 5.32 Å². The molecule has 0 atom stereocenters. The second-order valence-electron chi connectivity index (χ2n) is 5.09. The molecular weight excluding hydrogens is 288 g/mol. The first-order valence-electron chi connectivity index (χ1n) is 6.78. The Bertz CT molecular complexity index is 520. The first kappa shape index (κ1) is 17.2. The number of nitrogens with zero attached hydrogens (tertiary/aromatic N) is 1. The second-order valence-corrected chi connectivity index (χ2v) is 5.53. The lowest BCUT2D eigenvalue weighted by molar-refractivity contribution is -0.132. The van der Waals surface area contributed by atoms with E-state index in [-0.39, 0.29) is 18.4 Å². The first-order chi connectivity index (χ1) is 9.88. The van der Waals surface area contributed by atoms with E-state index >= 15 is 0 Å². The summed E-state index contributed by atoms with van der Waals surface area (Å²) in [5.74, 6) is -0.324. The van der Waals surface area contributed by atoms with Crippen molar-refractivity contribution in [2.24, 2.45) is 0 Å². The Kier molecular flexibility index (Phi) is 6.96. The van der Waals surface area contributed by atoms with Crippen molar-refractivity contribution in [1.82, 2.24) is 10.2 Å². The van der Waals surface area contributed by atoms with Gasteiger partial charge in [0.15, 0.2) is 0 Å². The van der Waals surface area contributed by atoms with Crippen LogP contribution < -0.4 is 5.32 Å². The van der Waals surface area contributed by atoms with E-state index in [9.17, 15) is 9.59 Å². The Hall–Kier alpha value is -1.81. The predicted molar refractivity (Wildman–Crippen MR) is 85.0 cm³/mol.